The minimum Gasteiger partial charge on any atom is -0.481 e. The molecule has 0 spiro atoms. The maximum Gasteiger partial charge on any atom is 0.303 e. The van der Waals surface area contributed by atoms with E-state index in [0.717, 1.165) is 11.9 Å². The summed E-state index contributed by atoms with van der Waals surface area (Å²) in [5.74, 6) is -0.727. The molecule has 5 N–H and O–H groups in total. The summed E-state index contributed by atoms with van der Waals surface area (Å²) in [4.78, 5) is 13.6. The Balaban J connectivity index is 0.000000399. The van der Waals surface area contributed by atoms with Crippen LogP contribution in [0.15, 0.2) is 30.5 Å². The first-order chi connectivity index (χ1) is 9.19. The molecule has 0 radical (unpaired) electrons. The number of fused-ring (bicyclic) bond motifs is 1. The Morgan fingerprint density at radius 2 is 2.00 bits per heavy atom. The van der Waals surface area contributed by atoms with Gasteiger partial charge in [-0.2, -0.15) is 0 Å². The molecular formula is C14H20N2O3. The highest BCUT2D eigenvalue weighted by atomic mass is 16.4. The normalized spacial score (nSPS) is 10.0. The van der Waals surface area contributed by atoms with E-state index in [4.69, 9.17) is 15.9 Å². The number of rotatable bonds is 5. The van der Waals surface area contributed by atoms with E-state index >= 15 is 0 Å². The number of para-hydroxylation sites is 1. The molecule has 0 saturated carbocycles. The molecule has 0 aliphatic carbocycles. The molecule has 5 nitrogen and oxygen atoms in total. The van der Waals surface area contributed by atoms with E-state index in [9.17, 15) is 4.79 Å². The van der Waals surface area contributed by atoms with Crippen molar-refractivity contribution < 1.29 is 15.0 Å². The first-order valence-corrected chi connectivity index (χ1v) is 6.26. The molecule has 19 heavy (non-hydrogen) atoms. The highest BCUT2D eigenvalue weighted by Gasteiger charge is 2.03. The molecule has 1 aromatic carbocycles. The van der Waals surface area contributed by atoms with Gasteiger partial charge in [-0.05, 0) is 24.5 Å². The van der Waals surface area contributed by atoms with Crippen molar-refractivity contribution >= 4 is 16.9 Å². The molecule has 1 aromatic heterocycles. The second-order valence-electron chi connectivity index (χ2n) is 4.12. The van der Waals surface area contributed by atoms with Crippen LogP contribution >= 0.6 is 0 Å². The average molecular weight is 264 g/mol. The van der Waals surface area contributed by atoms with Crippen LogP contribution in [0.3, 0.4) is 0 Å². The highest BCUT2D eigenvalue weighted by molar-refractivity contribution is 5.83. The Hall–Kier alpha value is -1.85. The second kappa shape index (κ2) is 8.29. The molecule has 1 heterocycles. The fourth-order valence-corrected chi connectivity index (χ4v) is 1.77. The highest BCUT2D eigenvalue weighted by Crippen LogP contribution is 2.19. The van der Waals surface area contributed by atoms with Crippen LogP contribution in [0, 0.1) is 0 Å². The van der Waals surface area contributed by atoms with Crippen LogP contribution in [-0.2, 0) is 11.2 Å². The van der Waals surface area contributed by atoms with E-state index in [1.165, 1.54) is 10.9 Å². The van der Waals surface area contributed by atoms with Gasteiger partial charge in [-0.3, -0.25) is 4.79 Å². The predicted octanol–water partition coefficient (Wildman–Crippen LogP) is 1.51. The monoisotopic (exact) mass is 264 g/mol. The van der Waals surface area contributed by atoms with Crippen LogP contribution in [0.2, 0.25) is 0 Å². The summed E-state index contributed by atoms with van der Waals surface area (Å²) in [5.41, 5.74) is 7.09. The average Bonchev–Trinajstić information content (AvgIpc) is 2.82. The minimum atomic E-state index is -0.727. The van der Waals surface area contributed by atoms with E-state index < -0.39 is 5.97 Å². The van der Waals surface area contributed by atoms with Crippen LogP contribution in [0.1, 0.15) is 18.4 Å². The molecule has 2 aromatic rings. The summed E-state index contributed by atoms with van der Waals surface area (Å²) in [6, 6.07) is 8.06. The quantitative estimate of drug-likeness (QED) is 0.657. The lowest BCUT2D eigenvalue weighted by Gasteiger charge is -1.96. The second-order valence-corrected chi connectivity index (χ2v) is 4.12. The standard InChI is InChI=1S/C12H13NO2.C2H7NO/c14-12(15)7-3-4-9-8-13-11-6-2-1-5-10(9)11;3-1-2-4/h1-2,5-6,8,13H,3-4,7H2,(H,14,15);4H,1-3H2. The van der Waals surface area contributed by atoms with Gasteiger partial charge in [0.2, 0.25) is 0 Å². The summed E-state index contributed by atoms with van der Waals surface area (Å²) >= 11 is 0. The lowest BCUT2D eigenvalue weighted by molar-refractivity contribution is -0.137. The molecule has 2 rings (SSSR count). The Bertz CT molecular complexity index is 506. The lowest BCUT2D eigenvalue weighted by Crippen LogP contribution is -2.02. The predicted molar refractivity (Wildman–Crippen MR) is 75.0 cm³/mol. The van der Waals surface area contributed by atoms with Gasteiger partial charge < -0.3 is 20.9 Å². The molecule has 104 valence electrons. The molecule has 0 aliphatic rings. The van der Waals surface area contributed by atoms with Gasteiger partial charge in [-0.15, -0.1) is 0 Å². The minimum absolute atomic E-state index is 0.0972. The summed E-state index contributed by atoms with van der Waals surface area (Å²) in [5, 5.41) is 17.5. The third-order valence-electron chi connectivity index (χ3n) is 2.64. The first-order valence-electron chi connectivity index (χ1n) is 6.26. The number of aryl methyl sites for hydroxylation is 1. The Kier molecular flexibility index (Phi) is 6.63. The zero-order valence-corrected chi connectivity index (χ0v) is 10.8. The van der Waals surface area contributed by atoms with Crippen LogP contribution < -0.4 is 5.73 Å². The van der Waals surface area contributed by atoms with Crippen molar-refractivity contribution in [3.63, 3.8) is 0 Å². The van der Waals surface area contributed by atoms with E-state index in [2.05, 4.69) is 11.1 Å². The van der Waals surface area contributed by atoms with E-state index in [0.29, 0.717) is 13.0 Å². The van der Waals surface area contributed by atoms with Gasteiger partial charge in [0.05, 0.1) is 6.61 Å². The number of nitrogens with one attached hydrogen (secondary N) is 1. The number of aromatic amines is 1. The molecule has 0 atom stereocenters. The largest absolute Gasteiger partial charge is 0.481 e. The summed E-state index contributed by atoms with van der Waals surface area (Å²) in [6.07, 6.45) is 3.71. The van der Waals surface area contributed by atoms with Gasteiger partial charge in [0, 0.05) is 30.1 Å². The van der Waals surface area contributed by atoms with Gasteiger partial charge >= 0.3 is 5.97 Å². The van der Waals surface area contributed by atoms with E-state index in [1.54, 1.807) is 0 Å². The fourth-order valence-electron chi connectivity index (χ4n) is 1.77. The van der Waals surface area contributed by atoms with Crippen molar-refractivity contribution in [2.24, 2.45) is 5.73 Å². The Morgan fingerprint density at radius 3 is 2.63 bits per heavy atom. The van der Waals surface area contributed by atoms with Crippen LogP contribution in [0.25, 0.3) is 10.9 Å². The Labute approximate surface area is 112 Å². The van der Waals surface area contributed by atoms with Gasteiger partial charge in [0.25, 0.3) is 0 Å². The van der Waals surface area contributed by atoms with Crippen molar-refractivity contribution in [3.05, 3.63) is 36.0 Å². The number of aliphatic hydroxyl groups excluding tert-OH is 1. The maximum absolute atomic E-state index is 10.4. The zero-order valence-electron chi connectivity index (χ0n) is 10.8. The molecule has 0 amide bonds. The summed E-state index contributed by atoms with van der Waals surface area (Å²) in [7, 11) is 0. The van der Waals surface area contributed by atoms with Crippen molar-refractivity contribution in [2.75, 3.05) is 13.2 Å². The van der Waals surface area contributed by atoms with Crippen molar-refractivity contribution in [1.82, 2.24) is 4.98 Å². The number of carboxylic acids is 1. The topological polar surface area (TPSA) is 99.3 Å². The number of H-pyrrole nitrogens is 1. The summed E-state index contributed by atoms with van der Waals surface area (Å²) < 4.78 is 0. The molecule has 0 fully saturated rings. The number of carbonyl (C=O) groups is 1. The van der Waals surface area contributed by atoms with E-state index in [1.807, 2.05) is 24.4 Å². The molecule has 0 unspecified atom stereocenters. The van der Waals surface area contributed by atoms with Crippen molar-refractivity contribution in [2.45, 2.75) is 19.3 Å². The number of aliphatic carboxylic acids is 1. The van der Waals surface area contributed by atoms with Crippen LogP contribution in [-0.4, -0.2) is 34.3 Å². The fraction of sp³-hybridized carbons (Fsp3) is 0.357. The molecular weight excluding hydrogens is 244 g/mol. The molecule has 0 saturated heterocycles. The van der Waals surface area contributed by atoms with Crippen LogP contribution in [0.4, 0.5) is 0 Å². The third-order valence-corrected chi connectivity index (χ3v) is 2.64. The summed E-state index contributed by atoms with van der Waals surface area (Å²) in [6.45, 7) is 0.472. The molecule has 0 aliphatic heterocycles. The number of hydrogen-bond acceptors (Lipinski definition) is 3. The SMILES string of the molecule is NCCO.O=C(O)CCCc1c[nH]c2ccccc12. The third kappa shape index (κ3) is 5.11. The van der Waals surface area contributed by atoms with E-state index in [-0.39, 0.29) is 13.0 Å². The Morgan fingerprint density at radius 1 is 1.32 bits per heavy atom. The number of carboxylic acid groups (broad SMARTS) is 1. The van der Waals surface area contributed by atoms with Gasteiger partial charge in [-0.25, -0.2) is 0 Å². The van der Waals surface area contributed by atoms with Gasteiger partial charge in [0.1, 0.15) is 0 Å². The van der Waals surface area contributed by atoms with Gasteiger partial charge in [-0.1, -0.05) is 18.2 Å². The van der Waals surface area contributed by atoms with Crippen molar-refractivity contribution in [3.8, 4) is 0 Å². The van der Waals surface area contributed by atoms with Crippen molar-refractivity contribution in [1.29, 1.82) is 0 Å². The maximum atomic E-state index is 10.4. The van der Waals surface area contributed by atoms with Gasteiger partial charge in [0.15, 0.2) is 0 Å². The number of hydrogen-bond donors (Lipinski definition) is 4. The smallest absolute Gasteiger partial charge is 0.303 e. The molecule has 5 heteroatoms. The molecule has 0 bridgehead atoms. The van der Waals surface area contributed by atoms with Crippen LogP contribution in [0.5, 0.6) is 0 Å². The number of benzene rings is 1. The zero-order chi connectivity index (χ0) is 14.1. The number of nitrogens with two attached hydrogens (primary N) is 1. The number of aliphatic hydroxyl groups is 1. The lowest BCUT2D eigenvalue weighted by atomic mass is 10.1. The first kappa shape index (κ1) is 15.2. The number of aromatic nitrogens is 1.